The van der Waals surface area contributed by atoms with E-state index in [4.69, 9.17) is 5.26 Å². The molecule has 1 aromatic rings. The van der Waals surface area contributed by atoms with Crippen LogP contribution in [0.2, 0.25) is 0 Å². The van der Waals surface area contributed by atoms with Crippen LogP contribution < -0.4 is 4.72 Å². The van der Waals surface area contributed by atoms with Gasteiger partial charge in [-0.1, -0.05) is 0 Å². The Morgan fingerprint density at radius 3 is 2.62 bits per heavy atom. The highest BCUT2D eigenvalue weighted by Crippen LogP contribution is 2.18. The number of benzene rings is 1. The van der Waals surface area contributed by atoms with E-state index in [-0.39, 0.29) is 5.69 Å². The second-order valence-electron chi connectivity index (χ2n) is 3.38. The maximum absolute atomic E-state index is 12.8. The number of nitriles is 1. The van der Waals surface area contributed by atoms with Crippen molar-refractivity contribution < 1.29 is 12.8 Å². The van der Waals surface area contributed by atoms with Gasteiger partial charge < -0.3 is 0 Å². The summed E-state index contributed by atoms with van der Waals surface area (Å²) in [6.45, 7) is 2.86. The van der Waals surface area contributed by atoms with Gasteiger partial charge in [-0.3, -0.25) is 4.72 Å². The fourth-order valence-corrected chi connectivity index (χ4v) is 1.90. The number of halogens is 1. The number of nitrogens with one attached hydrogen (secondary N) is 1. The van der Waals surface area contributed by atoms with Crippen LogP contribution in [0.5, 0.6) is 0 Å². The number of nitrogens with zero attached hydrogens (tertiary/aromatic N) is 1. The minimum atomic E-state index is -3.73. The number of aryl methyl sites for hydroxylation is 1. The van der Waals surface area contributed by atoms with Gasteiger partial charge >= 0.3 is 0 Å². The minimum Gasteiger partial charge on any atom is -0.282 e. The molecule has 0 bridgehead atoms. The lowest BCUT2D eigenvalue weighted by molar-refractivity contribution is 0.597. The summed E-state index contributed by atoms with van der Waals surface area (Å²) >= 11 is 0. The van der Waals surface area contributed by atoms with Crippen molar-refractivity contribution >= 4 is 15.7 Å². The van der Waals surface area contributed by atoms with Crippen molar-refractivity contribution in [2.75, 3.05) is 4.72 Å². The van der Waals surface area contributed by atoms with Gasteiger partial charge in [0.05, 0.1) is 11.8 Å². The van der Waals surface area contributed by atoms with Gasteiger partial charge in [0.2, 0.25) is 10.0 Å². The second kappa shape index (κ2) is 4.49. The molecule has 0 amide bonds. The van der Waals surface area contributed by atoms with Gasteiger partial charge in [-0.2, -0.15) is 5.26 Å². The number of hydrogen-bond donors (Lipinski definition) is 1. The van der Waals surface area contributed by atoms with Crippen molar-refractivity contribution in [3.8, 4) is 6.07 Å². The zero-order valence-corrected chi connectivity index (χ0v) is 9.68. The van der Waals surface area contributed by atoms with Crippen LogP contribution in [-0.2, 0) is 10.0 Å². The second-order valence-corrected chi connectivity index (χ2v) is 5.38. The summed E-state index contributed by atoms with van der Waals surface area (Å²) in [7, 11) is -3.73. The van der Waals surface area contributed by atoms with Crippen LogP contribution in [0.25, 0.3) is 0 Å². The molecule has 0 saturated carbocycles. The van der Waals surface area contributed by atoms with E-state index in [0.29, 0.717) is 5.56 Å². The summed E-state index contributed by atoms with van der Waals surface area (Å²) in [5.41, 5.74) is 0.747. The Kier molecular flexibility index (Phi) is 3.50. The van der Waals surface area contributed by atoms with Crippen LogP contribution in [0.4, 0.5) is 10.1 Å². The van der Waals surface area contributed by atoms with Crippen molar-refractivity contribution in [3.05, 3.63) is 29.6 Å². The van der Waals surface area contributed by atoms with Gasteiger partial charge in [0.25, 0.3) is 0 Å². The predicted molar refractivity (Wildman–Crippen MR) is 58.8 cm³/mol. The van der Waals surface area contributed by atoms with Gasteiger partial charge in [-0.25, -0.2) is 12.8 Å². The highest BCUT2D eigenvalue weighted by Gasteiger charge is 2.20. The fourth-order valence-electron chi connectivity index (χ4n) is 1.05. The van der Waals surface area contributed by atoms with Crippen LogP contribution in [0.3, 0.4) is 0 Å². The molecule has 0 radical (unpaired) electrons. The molecule has 6 heteroatoms. The average Bonchev–Trinajstić information content (AvgIpc) is 2.21. The number of anilines is 1. The third-order valence-corrected chi connectivity index (χ3v) is 3.63. The van der Waals surface area contributed by atoms with Crippen molar-refractivity contribution in [3.63, 3.8) is 0 Å². The van der Waals surface area contributed by atoms with E-state index in [9.17, 15) is 12.8 Å². The van der Waals surface area contributed by atoms with E-state index in [0.717, 1.165) is 6.07 Å². The van der Waals surface area contributed by atoms with E-state index < -0.39 is 21.1 Å². The molecule has 1 unspecified atom stereocenters. The topological polar surface area (TPSA) is 70.0 Å². The Labute approximate surface area is 93.8 Å². The number of hydrogen-bond acceptors (Lipinski definition) is 3. The first kappa shape index (κ1) is 12.5. The van der Waals surface area contributed by atoms with Gasteiger partial charge in [0.15, 0.2) is 5.25 Å². The monoisotopic (exact) mass is 242 g/mol. The standard InChI is InChI=1S/C10H11FN2O2S/c1-7-5-9(11)3-4-10(7)13-16(14,15)8(2)6-12/h3-5,8,13H,1-2H3. The van der Waals surface area contributed by atoms with Crippen LogP contribution in [0.15, 0.2) is 18.2 Å². The zero-order valence-electron chi connectivity index (χ0n) is 8.86. The molecule has 0 heterocycles. The molecule has 86 valence electrons. The summed E-state index contributed by atoms with van der Waals surface area (Å²) in [5, 5.41) is 7.38. The summed E-state index contributed by atoms with van der Waals surface area (Å²) in [4.78, 5) is 0. The molecule has 0 fully saturated rings. The van der Waals surface area contributed by atoms with Gasteiger partial charge in [-0.15, -0.1) is 0 Å². The zero-order chi connectivity index (χ0) is 12.3. The Bertz CT molecular complexity index is 534. The van der Waals surface area contributed by atoms with E-state index in [2.05, 4.69) is 4.72 Å². The molecule has 16 heavy (non-hydrogen) atoms. The lowest BCUT2D eigenvalue weighted by Gasteiger charge is -2.11. The quantitative estimate of drug-likeness (QED) is 0.878. The first-order chi connectivity index (χ1) is 7.36. The lowest BCUT2D eigenvalue weighted by Crippen LogP contribution is -2.24. The average molecular weight is 242 g/mol. The Hall–Kier alpha value is -1.61. The van der Waals surface area contributed by atoms with Gasteiger partial charge in [0, 0.05) is 0 Å². The molecule has 1 atom stereocenters. The molecular formula is C10H11FN2O2S. The molecule has 0 aliphatic heterocycles. The molecule has 1 aromatic carbocycles. The normalized spacial score (nSPS) is 12.9. The maximum Gasteiger partial charge on any atom is 0.248 e. The third kappa shape index (κ3) is 2.70. The SMILES string of the molecule is Cc1cc(F)ccc1NS(=O)(=O)C(C)C#N. The first-order valence-electron chi connectivity index (χ1n) is 4.54. The number of rotatable bonds is 3. The van der Waals surface area contributed by atoms with E-state index in [1.165, 1.54) is 19.1 Å². The fraction of sp³-hybridized carbons (Fsp3) is 0.300. The molecule has 1 rings (SSSR count). The molecule has 0 aromatic heterocycles. The van der Waals surface area contributed by atoms with E-state index >= 15 is 0 Å². The molecule has 0 spiro atoms. The summed E-state index contributed by atoms with van der Waals surface area (Å²) in [6, 6.07) is 5.33. The van der Waals surface area contributed by atoms with Crippen LogP contribution >= 0.6 is 0 Å². The molecule has 4 nitrogen and oxygen atoms in total. The van der Waals surface area contributed by atoms with Crippen molar-refractivity contribution in [2.24, 2.45) is 0 Å². The van der Waals surface area contributed by atoms with Crippen molar-refractivity contribution in [1.29, 1.82) is 5.26 Å². The number of sulfonamides is 1. The van der Waals surface area contributed by atoms with Crippen molar-refractivity contribution in [1.82, 2.24) is 0 Å². The summed E-state index contributed by atoms with van der Waals surface area (Å²) in [5.74, 6) is -0.436. The Balaban J connectivity index is 3.03. The van der Waals surface area contributed by atoms with E-state index in [1.54, 1.807) is 13.0 Å². The smallest absolute Gasteiger partial charge is 0.248 e. The predicted octanol–water partition coefficient (Wildman–Crippen LogP) is 1.79. The Morgan fingerprint density at radius 1 is 1.50 bits per heavy atom. The Morgan fingerprint density at radius 2 is 2.12 bits per heavy atom. The molecule has 0 aliphatic carbocycles. The third-order valence-electron chi connectivity index (χ3n) is 2.09. The van der Waals surface area contributed by atoms with Gasteiger partial charge in [0.1, 0.15) is 5.82 Å². The molecule has 0 saturated heterocycles. The highest BCUT2D eigenvalue weighted by atomic mass is 32.2. The van der Waals surface area contributed by atoms with Crippen molar-refractivity contribution in [2.45, 2.75) is 19.1 Å². The minimum absolute atomic E-state index is 0.281. The molecule has 0 aliphatic rings. The highest BCUT2D eigenvalue weighted by molar-refractivity contribution is 7.93. The summed E-state index contributed by atoms with van der Waals surface area (Å²) in [6.07, 6.45) is 0. The maximum atomic E-state index is 12.8. The van der Waals surface area contributed by atoms with Crippen LogP contribution in [0.1, 0.15) is 12.5 Å². The lowest BCUT2D eigenvalue weighted by atomic mass is 10.2. The molecular weight excluding hydrogens is 231 g/mol. The van der Waals surface area contributed by atoms with E-state index in [1.807, 2.05) is 0 Å². The van der Waals surface area contributed by atoms with Crippen LogP contribution in [-0.4, -0.2) is 13.7 Å². The summed E-state index contributed by atoms with van der Waals surface area (Å²) < 4.78 is 38.1. The largest absolute Gasteiger partial charge is 0.282 e. The van der Waals surface area contributed by atoms with Crippen LogP contribution in [0, 0.1) is 24.1 Å². The molecule has 1 N–H and O–H groups in total. The first-order valence-corrected chi connectivity index (χ1v) is 6.09. The van der Waals surface area contributed by atoms with Gasteiger partial charge in [-0.05, 0) is 37.6 Å².